The number of piperidine rings is 1. The number of nitrogens with one attached hydrogen (secondary N) is 3. The van der Waals surface area contributed by atoms with Crippen LogP contribution in [0.4, 0.5) is 34.5 Å². The lowest BCUT2D eigenvalue weighted by Crippen LogP contribution is -2.41. The van der Waals surface area contributed by atoms with Crippen molar-refractivity contribution in [3.05, 3.63) is 53.1 Å². The molecule has 1 aliphatic carbocycles. The number of hydrogen-bond donors (Lipinski definition) is 3. The fraction of sp³-hybridized carbons (Fsp3) is 0.407. The number of sulfonamides is 1. The minimum absolute atomic E-state index is 0.321. The van der Waals surface area contributed by atoms with Gasteiger partial charge in [0.05, 0.1) is 33.9 Å². The molecule has 3 N–H and O–H groups in total. The van der Waals surface area contributed by atoms with Crippen molar-refractivity contribution in [3.63, 3.8) is 0 Å². The third kappa shape index (κ3) is 6.56. The van der Waals surface area contributed by atoms with Crippen LogP contribution in [0.25, 0.3) is 0 Å². The molecule has 2 fully saturated rings. The lowest BCUT2D eigenvalue weighted by Gasteiger charge is -2.36. The summed E-state index contributed by atoms with van der Waals surface area (Å²) in [6.07, 6.45) is 5.28. The first-order chi connectivity index (χ1) is 18.7. The first-order valence-corrected chi connectivity index (χ1v) is 15.3. The standard InChI is InChI=1S/C27H34BrN7O3S/c1-34(2)18-12-14-35(15-13-18)19-8-11-24(25(16-19)38-3)31-27-29-17-21(28)26(32-27)30-22-6-4-5-7-23(22)33-39(36,37)20-9-10-20/h4-8,11,16-18,20,33H,9-10,12-15H2,1-3H3,(H2,29,30,31,32). The van der Waals surface area contributed by atoms with Gasteiger partial charge in [-0.05, 0) is 80.0 Å². The molecule has 1 aliphatic heterocycles. The van der Waals surface area contributed by atoms with Crippen LogP contribution >= 0.6 is 15.9 Å². The third-order valence-electron chi connectivity index (χ3n) is 7.13. The molecule has 12 heteroatoms. The van der Waals surface area contributed by atoms with Crippen LogP contribution in [0.1, 0.15) is 25.7 Å². The van der Waals surface area contributed by atoms with Crippen molar-refractivity contribution in [3.8, 4) is 5.75 Å². The van der Waals surface area contributed by atoms with E-state index in [9.17, 15) is 8.42 Å². The van der Waals surface area contributed by atoms with E-state index < -0.39 is 10.0 Å². The van der Waals surface area contributed by atoms with Crippen molar-refractivity contribution >= 4 is 60.5 Å². The summed E-state index contributed by atoms with van der Waals surface area (Å²) in [5.74, 6) is 1.56. The number of anilines is 6. The maximum absolute atomic E-state index is 12.5. The highest BCUT2D eigenvalue weighted by Crippen LogP contribution is 2.35. The fourth-order valence-corrected chi connectivity index (χ4v) is 6.38. The van der Waals surface area contributed by atoms with Crippen LogP contribution in [0.2, 0.25) is 0 Å². The topological polar surface area (TPSA) is 112 Å². The van der Waals surface area contributed by atoms with Gasteiger partial charge in [0.1, 0.15) is 11.6 Å². The highest BCUT2D eigenvalue weighted by atomic mass is 79.9. The molecule has 0 radical (unpaired) electrons. The summed E-state index contributed by atoms with van der Waals surface area (Å²) >= 11 is 3.50. The summed E-state index contributed by atoms with van der Waals surface area (Å²) in [6.45, 7) is 2.00. The zero-order chi connectivity index (χ0) is 27.6. The van der Waals surface area contributed by atoms with Gasteiger partial charge >= 0.3 is 0 Å². The number of nitrogens with zero attached hydrogens (tertiary/aromatic N) is 4. The molecule has 10 nitrogen and oxygen atoms in total. The van der Waals surface area contributed by atoms with Crippen LogP contribution in [0.3, 0.4) is 0 Å². The summed E-state index contributed by atoms with van der Waals surface area (Å²) in [4.78, 5) is 13.7. The number of ether oxygens (including phenoxy) is 1. The molecule has 0 unspecified atom stereocenters. The number of halogens is 1. The Balaban J connectivity index is 1.32. The molecule has 0 bridgehead atoms. The van der Waals surface area contributed by atoms with Gasteiger partial charge in [-0.1, -0.05) is 12.1 Å². The van der Waals surface area contributed by atoms with Gasteiger partial charge in [-0.2, -0.15) is 4.98 Å². The maximum atomic E-state index is 12.5. The first-order valence-electron chi connectivity index (χ1n) is 13.0. The first kappa shape index (κ1) is 27.5. The van der Waals surface area contributed by atoms with Gasteiger partial charge in [0.2, 0.25) is 16.0 Å². The van der Waals surface area contributed by atoms with Crippen LogP contribution < -0.4 is 25.0 Å². The molecule has 3 aromatic rings. The number of aromatic nitrogens is 2. The summed E-state index contributed by atoms with van der Waals surface area (Å²) in [6, 6.07) is 13.9. The molecule has 1 saturated carbocycles. The molecule has 2 aliphatic rings. The van der Waals surface area contributed by atoms with E-state index in [0.29, 0.717) is 52.2 Å². The van der Waals surface area contributed by atoms with E-state index in [1.54, 1.807) is 31.5 Å². The number of hydrogen-bond acceptors (Lipinski definition) is 9. The third-order valence-corrected chi connectivity index (χ3v) is 9.56. The largest absolute Gasteiger partial charge is 0.494 e. The maximum Gasteiger partial charge on any atom is 0.235 e. The van der Waals surface area contributed by atoms with Crippen molar-refractivity contribution < 1.29 is 13.2 Å². The second-order valence-corrected chi connectivity index (χ2v) is 12.9. The van der Waals surface area contributed by atoms with Crippen molar-refractivity contribution in [2.45, 2.75) is 37.0 Å². The molecule has 2 aromatic carbocycles. The zero-order valence-electron chi connectivity index (χ0n) is 22.3. The van der Waals surface area contributed by atoms with E-state index >= 15 is 0 Å². The van der Waals surface area contributed by atoms with Crippen molar-refractivity contribution in [1.82, 2.24) is 14.9 Å². The monoisotopic (exact) mass is 615 g/mol. The molecule has 0 amide bonds. The van der Waals surface area contributed by atoms with Gasteiger partial charge in [-0.15, -0.1) is 0 Å². The molecule has 0 spiro atoms. The van der Waals surface area contributed by atoms with Gasteiger partial charge in [0.25, 0.3) is 0 Å². The van der Waals surface area contributed by atoms with Crippen LogP contribution in [0.5, 0.6) is 5.75 Å². The van der Waals surface area contributed by atoms with Crippen molar-refractivity contribution in [2.24, 2.45) is 0 Å². The molecule has 39 heavy (non-hydrogen) atoms. The molecule has 2 heterocycles. The second-order valence-electron chi connectivity index (χ2n) is 10.1. The molecule has 1 aromatic heterocycles. The van der Waals surface area contributed by atoms with Gasteiger partial charge in [-0.25, -0.2) is 13.4 Å². The minimum atomic E-state index is -3.41. The zero-order valence-corrected chi connectivity index (χ0v) is 24.7. The van der Waals surface area contributed by atoms with Gasteiger partial charge in [-0.3, -0.25) is 4.72 Å². The van der Waals surface area contributed by atoms with E-state index in [1.165, 1.54) is 0 Å². The van der Waals surface area contributed by atoms with Crippen molar-refractivity contribution in [2.75, 3.05) is 54.6 Å². The van der Waals surface area contributed by atoms with Gasteiger partial charge in [0.15, 0.2) is 0 Å². The Bertz CT molecular complexity index is 1420. The summed E-state index contributed by atoms with van der Waals surface area (Å²) in [7, 11) is 2.53. The predicted molar refractivity (Wildman–Crippen MR) is 160 cm³/mol. The summed E-state index contributed by atoms with van der Waals surface area (Å²) in [5.41, 5.74) is 2.93. The molecular formula is C27H34BrN7O3S. The van der Waals surface area contributed by atoms with E-state index in [4.69, 9.17) is 4.74 Å². The summed E-state index contributed by atoms with van der Waals surface area (Å²) in [5, 5.41) is 6.17. The molecule has 208 valence electrons. The van der Waals surface area contributed by atoms with Crippen molar-refractivity contribution in [1.29, 1.82) is 0 Å². The van der Waals surface area contributed by atoms with Gasteiger partial charge in [0, 0.05) is 37.1 Å². The van der Waals surface area contributed by atoms with Gasteiger partial charge < -0.3 is 25.2 Å². The lowest BCUT2D eigenvalue weighted by atomic mass is 10.0. The average Bonchev–Trinajstić information content (AvgIpc) is 3.78. The predicted octanol–water partition coefficient (Wildman–Crippen LogP) is 5.17. The molecule has 1 saturated heterocycles. The smallest absolute Gasteiger partial charge is 0.235 e. The number of rotatable bonds is 10. The Morgan fingerprint density at radius 3 is 2.38 bits per heavy atom. The van der Waals surface area contributed by atoms with Crippen LogP contribution in [-0.4, -0.2) is 68.9 Å². The Hall–Kier alpha value is -3.09. The minimum Gasteiger partial charge on any atom is -0.494 e. The normalized spacial score (nSPS) is 16.3. The van der Waals surface area contributed by atoms with Crippen LogP contribution in [0.15, 0.2) is 53.1 Å². The molecule has 0 atom stereocenters. The second kappa shape index (κ2) is 11.6. The number of methoxy groups -OCH3 is 1. The quantitative estimate of drug-likeness (QED) is 0.284. The Morgan fingerprint density at radius 2 is 1.72 bits per heavy atom. The summed E-state index contributed by atoms with van der Waals surface area (Å²) < 4.78 is 34.1. The highest BCUT2D eigenvalue weighted by molar-refractivity contribution is 9.10. The molecule has 5 rings (SSSR count). The average molecular weight is 617 g/mol. The highest BCUT2D eigenvalue weighted by Gasteiger charge is 2.36. The van der Waals surface area contributed by atoms with E-state index in [0.717, 1.165) is 37.3 Å². The van der Waals surface area contributed by atoms with E-state index in [1.807, 2.05) is 18.2 Å². The lowest BCUT2D eigenvalue weighted by molar-refractivity contribution is 0.249. The van der Waals surface area contributed by atoms with Crippen LogP contribution in [0, 0.1) is 0 Å². The SMILES string of the molecule is COc1cc(N2CCC(N(C)C)CC2)ccc1Nc1ncc(Br)c(Nc2ccccc2NS(=O)(=O)C2CC2)n1. The van der Waals surface area contributed by atoms with E-state index in [2.05, 4.69) is 71.2 Å². The Kier molecular flexibility index (Phi) is 8.15. The number of benzene rings is 2. The number of para-hydroxylation sites is 2. The Labute approximate surface area is 238 Å². The Morgan fingerprint density at radius 1 is 1.00 bits per heavy atom. The van der Waals surface area contributed by atoms with E-state index in [-0.39, 0.29) is 5.25 Å². The fourth-order valence-electron chi connectivity index (χ4n) is 4.68. The molecular weight excluding hydrogens is 582 g/mol. The van der Waals surface area contributed by atoms with Crippen LogP contribution in [-0.2, 0) is 10.0 Å².